The van der Waals surface area contributed by atoms with Crippen molar-refractivity contribution in [2.45, 2.75) is 38.6 Å². The van der Waals surface area contributed by atoms with Gasteiger partial charge in [0.1, 0.15) is 0 Å². The largest absolute Gasteiger partial charge is 0.313 e. The summed E-state index contributed by atoms with van der Waals surface area (Å²) in [7, 11) is -1.60. The van der Waals surface area contributed by atoms with Crippen LogP contribution in [0, 0.1) is 0 Å². The molecular weight excluding hydrogens is 268 g/mol. The van der Waals surface area contributed by atoms with Gasteiger partial charge in [0.25, 0.3) is 0 Å². The maximum absolute atomic E-state index is 12.3. The summed E-state index contributed by atoms with van der Waals surface area (Å²) in [4.78, 5) is 0. The molecule has 0 bridgehead atoms. The van der Waals surface area contributed by atoms with Crippen LogP contribution in [-0.4, -0.2) is 37.6 Å². The third-order valence-electron chi connectivity index (χ3n) is 2.74. The second-order valence-electron chi connectivity index (χ2n) is 4.81. The van der Waals surface area contributed by atoms with E-state index >= 15 is 0 Å². The van der Waals surface area contributed by atoms with Crippen molar-refractivity contribution in [3.05, 3.63) is 22.4 Å². The molecule has 0 saturated carbocycles. The fourth-order valence-electron chi connectivity index (χ4n) is 1.54. The van der Waals surface area contributed by atoms with Gasteiger partial charge in [0.15, 0.2) is 0 Å². The van der Waals surface area contributed by atoms with Crippen LogP contribution in [0.1, 0.15) is 26.3 Å². The van der Waals surface area contributed by atoms with Gasteiger partial charge in [-0.05, 0) is 29.3 Å². The lowest BCUT2D eigenvalue weighted by Crippen LogP contribution is -2.41. The molecular formula is C12H22N2O2S2. The van der Waals surface area contributed by atoms with E-state index in [2.05, 4.69) is 5.32 Å². The van der Waals surface area contributed by atoms with Crippen LogP contribution < -0.4 is 5.32 Å². The molecule has 0 spiro atoms. The van der Waals surface area contributed by atoms with E-state index in [1.165, 1.54) is 4.31 Å². The van der Waals surface area contributed by atoms with Gasteiger partial charge >= 0.3 is 0 Å². The fraction of sp³-hybridized carbons (Fsp3) is 0.667. The normalized spacial score (nSPS) is 14.3. The van der Waals surface area contributed by atoms with Gasteiger partial charge in [0.05, 0.1) is 5.25 Å². The van der Waals surface area contributed by atoms with E-state index in [1.54, 1.807) is 25.3 Å². The lowest BCUT2D eigenvalue weighted by Gasteiger charge is -2.22. The molecule has 0 saturated heterocycles. The summed E-state index contributed by atoms with van der Waals surface area (Å²) in [6.45, 7) is 6.68. The van der Waals surface area contributed by atoms with Crippen molar-refractivity contribution in [1.29, 1.82) is 0 Å². The van der Waals surface area contributed by atoms with Crippen molar-refractivity contribution in [1.82, 2.24) is 9.62 Å². The van der Waals surface area contributed by atoms with Gasteiger partial charge in [0.2, 0.25) is 10.0 Å². The zero-order valence-corrected chi connectivity index (χ0v) is 13.0. The molecule has 0 aromatic carbocycles. The zero-order chi connectivity index (χ0) is 13.8. The van der Waals surface area contributed by atoms with Crippen molar-refractivity contribution in [3.8, 4) is 0 Å². The Bertz CT molecular complexity index is 441. The molecule has 0 aliphatic heterocycles. The molecule has 0 amide bonds. The Balaban J connectivity index is 2.61. The molecule has 0 radical (unpaired) electrons. The minimum atomic E-state index is -3.24. The molecule has 1 atom stereocenters. The fourth-order valence-corrected chi connectivity index (χ4v) is 3.45. The molecule has 1 aromatic rings. The van der Waals surface area contributed by atoms with Gasteiger partial charge in [0, 0.05) is 26.2 Å². The van der Waals surface area contributed by atoms with Crippen LogP contribution >= 0.6 is 11.3 Å². The highest BCUT2D eigenvalue weighted by molar-refractivity contribution is 7.89. The molecule has 0 aliphatic carbocycles. The van der Waals surface area contributed by atoms with Crippen LogP contribution in [0.5, 0.6) is 0 Å². The van der Waals surface area contributed by atoms with Crippen LogP contribution in [0.2, 0.25) is 0 Å². The van der Waals surface area contributed by atoms with Crippen molar-refractivity contribution in [2.24, 2.45) is 0 Å². The molecule has 1 N–H and O–H groups in total. The van der Waals surface area contributed by atoms with Gasteiger partial charge in [-0.2, -0.15) is 11.3 Å². The van der Waals surface area contributed by atoms with Crippen LogP contribution in [-0.2, 0) is 16.6 Å². The molecule has 1 rings (SSSR count). The lowest BCUT2D eigenvalue weighted by molar-refractivity contribution is 0.451. The monoisotopic (exact) mass is 290 g/mol. The van der Waals surface area contributed by atoms with Crippen LogP contribution in [0.25, 0.3) is 0 Å². The second kappa shape index (κ2) is 6.65. The highest BCUT2D eigenvalue weighted by Gasteiger charge is 2.25. The second-order valence-corrected chi connectivity index (χ2v) is 8.04. The number of hydrogen-bond acceptors (Lipinski definition) is 4. The summed E-state index contributed by atoms with van der Waals surface area (Å²) in [5.41, 5.74) is 1.04. The highest BCUT2D eigenvalue weighted by Crippen LogP contribution is 2.13. The number of hydrogen-bond donors (Lipinski definition) is 1. The van der Waals surface area contributed by atoms with E-state index in [1.807, 2.05) is 30.7 Å². The Morgan fingerprint density at radius 2 is 2.06 bits per heavy atom. The van der Waals surface area contributed by atoms with E-state index in [4.69, 9.17) is 0 Å². The summed E-state index contributed by atoms with van der Waals surface area (Å²) in [6, 6.07) is 2.25. The standard InChI is InChI=1S/C12H22N2O2S2/c1-10(2)13-7-11(3)18(15,16)14(4)8-12-5-6-17-9-12/h5-6,9-11,13H,7-8H2,1-4H3. The molecule has 18 heavy (non-hydrogen) atoms. The summed E-state index contributed by atoms with van der Waals surface area (Å²) < 4.78 is 25.9. The maximum Gasteiger partial charge on any atom is 0.218 e. The maximum atomic E-state index is 12.3. The van der Waals surface area contributed by atoms with E-state index < -0.39 is 15.3 Å². The molecule has 1 aromatic heterocycles. The van der Waals surface area contributed by atoms with Crippen LogP contribution in [0.3, 0.4) is 0 Å². The Labute approximate surface area is 114 Å². The van der Waals surface area contributed by atoms with Crippen molar-refractivity contribution < 1.29 is 8.42 Å². The first-order chi connectivity index (χ1) is 8.34. The predicted octanol–water partition coefficient (Wildman–Crippen LogP) is 1.90. The Hall–Kier alpha value is -0.430. The molecule has 6 heteroatoms. The SMILES string of the molecule is CC(C)NCC(C)S(=O)(=O)N(C)Cc1ccsc1. The predicted molar refractivity (Wildman–Crippen MR) is 77.3 cm³/mol. The number of rotatable bonds is 7. The highest BCUT2D eigenvalue weighted by atomic mass is 32.2. The molecule has 0 fully saturated rings. The zero-order valence-electron chi connectivity index (χ0n) is 11.4. The smallest absolute Gasteiger partial charge is 0.218 e. The first kappa shape index (κ1) is 15.6. The summed E-state index contributed by atoms with van der Waals surface area (Å²) >= 11 is 1.58. The average Bonchev–Trinajstić information content (AvgIpc) is 2.78. The van der Waals surface area contributed by atoms with Crippen molar-refractivity contribution in [2.75, 3.05) is 13.6 Å². The lowest BCUT2D eigenvalue weighted by atomic mass is 10.3. The van der Waals surface area contributed by atoms with Gasteiger partial charge < -0.3 is 5.32 Å². The quantitative estimate of drug-likeness (QED) is 0.834. The topological polar surface area (TPSA) is 49.4 Å². The van der Waals surface area contributed by atoms with Gasteiger partial charge in [-0.15, -0.1) is 0 Å². The van der Waals surface area contributed by atoms with E-state index in [0.717, 1.165) is 5.56 Å². The van der Waals surface area contributed by atoms with Crippen LogP contribution in [0.15, 0.2) is 16.8 Å². The summed E-state index contributed by atoms with van der Waals surface area (Å²) in [6.07, 6.45) is 0. The van der Waals surface area contributed by atoms with Gasteiger partial charge in [-0.1, -0.05) is 13.8 Å². The minimum absolute atomic E-state index is 0.296. The third-order valence-corrected chi connectivity index (χ3v) is 5.66. The number of nitrogens with zero attached hydrogens (tertiary/aromatic N) is 1. The van der Waals surface area contributed by atoms with Gasteiger partial charge in [-0.25, -0.2) is 12.7 Å². The first-order valence-corrected chi connectivity index (χ1v) is 8.48. The Morgan fingerprint density at radius 3 is 2.56 bits per heavy atom. The van der Waals surface area contributed by atoms with Gasteiger partial charge in [-0.3, -0.25) is 0 Å². The molecule has 1 unspecified atom stereocenters. The number of thiophene rings is 1. The molecule has 0 aliphatic rings. The average molecular weight is 290 g/mol. The summed E-state index contributed by atoms with van der Waals surface area (Å²) in [5, 5.41) is 6.68. The van der Waals surface area contributed by atoms with E-state index in [-0.39, 0.29) is 0 Å². The molecule has 4 nitrogen and oxygen atoms in total. The first-order valence-electron chi connectivity index (χ1n) is 6.03. The van der Waals surface area contributed by atoms with Crippen LogP contribution in [0.4, 0.5) is 0 Å². The Morgan fingerprint density at radius 1 is 1.39 bits per heavy atom. The number of sulfonamides is 1. The molecule has 1 heterocycles. The third kappa shape index (κ3) is 4.35. The van der Waals surface area contributed by atoms with Crippen molar-refractivity contribution in [3.63, 3.8) is 0 Å². The van der Waals surface area contributed by atoms with E-state index in [9.17, 15) is 8.42 Å². The Kier molecular flexibility index (Phi) is 5.78. The van der Waals surface area contributed by atoms with E-state index in [0.29, 0.717) is 19.1 Å². The van der Waals surface area contributed by atoms with Crippen molar-refractivity contribution >= 4 is 21.4 Å². The minimum Gasteiger partial charge on any atom is -0.313 e. The summed E-state index contributed by atoms with van der Waals surface area (Å²) in [5.74, 6) is 0. The molecule has 104 valence electrons. The number of nitrogens with one attached hydrogen (secondary N) is 1.